The SMILES string of the molecule is Cn1nccc1-c1cccc(-c2cnc3nncn3c2)c1. The van der Waals surface area contributed by atoms with Gasteiger partial charge >= 0.3 is 0 Å². The molecule has 0 radical (unpaired) electrons. The molecule has 6 nitrogen and oxygen atoms in total. The van der Waals surface area contributed by atoms with E-state index in [0.29, 0.717) is 5.78 Å². The van der Waals surface area contributed by atoms with Gasteiger partial charge in [0.15, 0.2) is 0 Å². The van der Waals surface area contributed by atoms with Crippen LogP contribution in [-0.2, 0) is 7.05 Å². The summed E-state index contributed by atoms with van der Waals surface area (Å²) in [6.45, 7) is 0. The zero-order valence-electron chi connectivity index (χ0n) is 11.4. The van der Waals surface area contributed by atoms with E-state index in [1.54, 1.807) is 12.5 Å². The summed E-state index contributed by atoms with van der Waals surface area (Å²) < 4.78 is 3.67. The molecule has 21 heavy (non-hydrogen) atoms. The molecule has 1 aromatic carbocycles. The first-order chi connectivity index (χ1) is 10.3. The van der Waals surface area contributed by atoms with Crippen molar-refractivity contribution in [3.05, 3.63) is 55.2 Å². The van der Waals surface area contributed by atoms with Crippen LogP contribution in [0.4, 0.5) is 0 Å². The number of fused-ring (bicyclic) bond motifs is 1. The summed E-state index contributed by atoms with van der Waals surface area (Å²) in [5.74, 6) is 0.599. The number of aromatic nitrogens is 6. The Labute approximate surface area is 120 Å². The van der Waals surface area contributed by atoms with Gasteiger partial charge in [-0.25, -0.2) is 4.98 Å². The van der Waals surface area contributed by atoms with Crippen LogP contribution < -0.4 is 0 Å². The summed E-state index contributed by atoms with van der Waals surface area (Å²) in [5.41, 5.74) is 4.31. The van der Waals surface area contributed by atoms with Crippen LogP contribution in [0.25, 0.3) is 28.2 Å². The van der Waals surface area contributed by atoms with Gasteiger partial charge in [0.2, 0.25) is 0 Å². The van der Waals surface area contributed by atoms with Crippen LogP contribution in [0.3, 0.4) is 0 Å². The molecule has 0 saturated carbocycles. The highest BCUT2D eigenvalue weighted by Gasteiger charge is 2.06. The predicted molar refractivity (Wildman–Crippen MR) is 78.4 cm³/mol. The van der Waals surface area contributed by atoms with Crippen molar-refractivity contribution in [2.75, 3.05) is 0 Å². The van der Waals surface area contributed by atoms with Gasteiger partial charge in [0, 0.05) is 36.8 Å². The number of nitrogens with zero attached hydrogens (tertiary/aromatic N) is 6. The molecule has 0 aliphatic rings. The third kappa shape index (κ3) is 1.97. The van der Waals surface area contributed by atoms with Crippen LogP contribution in [0, 0.1) is 0 Å². The Morgan fingerprint density at radius 3 is 2.81 bits per heavy atom. The smallest absolute Gasteiger partial charge is 0.254 e. The van der Waals surface area contributed by atoms with Crippen molar-refractivity contribution in [2.45, 2.75) is 0 Å². The Balaban J connectivity index is 1.83. The Hall–Kier alpha value is -3.02. The van der Waals surface area contributed by atoms with Crippen molar-refractivity contribution in [3.63, 3.8) is 0 Å². The fraction of sp³-hybridized carbons (Fsp3) is 0.0667. The molecule has 0 aliphatic carbocycles. The monoisotopic (exact) mass is 276 g/mol. The highest BCUT2D eigenvalue weighted by atomic mass is 15.3. The van der Waals surface area contributed by atoms with E-state index in [0.717, 1.165) is 22.4 Å². The minimum absolute atomic E-state index is 0.599. The molecule has 102 valence electrons. The van der Waals surface area contributed by atoms with Gasteiger partial charge in [0.05, 0.1) is 5.69 Å². The second kappa shape index (κ2) is 4.52. The first-order valence-electron chi connectivity index (χ1n) is 6.55. The topological polar surface area (TPSA) is 60.9 Å². The molecule has 4 rings (SSSR count). The molecule has 0 N–H and O–H groups in total. The minimum Gasteiger partial charge on any atom is -0.272 e. The van der Waals surface area contributed by atoms with Gasteiger partial charge in [-0.05, 0) is 17.7 Å². The lowest BCUT2D eigenvalue weighted by molar-refractivity contribution is 0.776. The Morgan fingerprint density at radius 2 is 1.95 bits per heavy atom. The van der Waals surface area contributed by atoms with Gasteiger partial charge in [0.1, 0.15) is 6.33 Å². The third-order valence-corrected chi connectivity index (χ3v) is 3.46. The number of rotatable bonds is 2. The van der Waals surface area contributed by atoms with Gasteiger partial charge in [-0.1, -0.05) is 18.2 Å². The maximum Gasteiger partial charge on any atom is 0.254 e. The van der Waals surface area contributed by atoms with E-state index < -0.39 is 0 Å². The molecule has 0 spiro atoms. The molecule has 3 heterocycles. The van der Waals surface area contributed by atoms with Crippen molar-refractivity contribution in [2.24, 2.45) is 7.05 Å². The summed E-state index contributed by atoms with van der Waals surface area (Å²) in [6.07, 6.45) is 7.24. The lowest BCUT2D eigenvalue weighted by atomic mass is 10.0. The van der Waals surface area contributed by atoms with Crippen molar-refractivity contribution >= 4 is 5.78 Å². The van der Waals surface area contributed by atoms with Crippen LogP contribution in [-0.4, -0.2) is 29.4 Å². The van der Waals surface area contributed by atoms with Crippen LogP contribution in [0.1, 0.15) is 0 Å². The lowest BCUT2D eigenvalue weighted by Crippen LogP contribution is -1.94. The summed E-state index contributed by atoms with van der Waals surface area (Å²) in [6, 6.07) is 10.3. The largest absolute Gasteiger partial charge is 0.272 e. The van der Waals surface area contributed by atoms with Gasteiger partial charge in [-0.15, -0.1) is 10.2 Å². The maximum absolute atomic E-state index is 4.30. The molecule has 6 heteroatoms. The quantitative estimate of drug-likeness (QED) is 0.563. The first kappa shape index (κ1) is 11.8. The fourth-order valence-corrected chi connectivity index (χ4v) is 2.39. The lowest BCUT2D eigenvalue weighted by Gasteiger charge is -2.06. The van der Waals surface area contributed by atoms with E-state index in [1.165, 1.54) is 0 Å². The molecule has 4 aromatic rings. The Morgan fingerprint density at radius 1 is 1.05 bits per heavy atom. The van der Waals surface area contributed by atoms with Crippen LogP contribution in [0.2, 0.25) is 0 Å². The molecule has 0 bridgehead atoms. The van der Waals surface area contributed by atoms with Gasteiger partial charge in [-0.2, -0.15) is 5.10 Å². The van der Waals surface area contributed by atoms with Crippen LogP contribution >= 0.6 is 0 Å². The maximum atomic E-state index is 4.30. The van der Waals surface area contributed by atoms with E-state index in [4.69, 9.17) is 0 Å². The molecule has 0 unspecified atom stereocenters. The van der Waals surface area contributed by atoms with E-state index in [1.807, 2.05) is 40.7 Å². The van der Waals surface area contributed by atoms with E-state index >= 15 is 0 Å². The molecule has 0 fully saturated rings. The van der Waals surface area contributed by atoms with E-state index in [9.17, 15) is 0 Å². The van der Waals surface area contributed by atoms with Crippen LogP contribution in [0.5, 0.6) is 0 Å². The molecule has 0 amide bonds. The Kier molecular flexibility index (Phi) is 2.53. The summed E-state index contributed by atoms with van der Waals surface area (Å²) >= 11 is 0. The standard InChI is InChI=1S/C15H12N6/c1-20-14(5-6-18-20)12-4-2-3-11(7-12)13-8-16-15-19-17-10-21(15)9-13/h2-10H,1H3. The predicted octanol–water partition coefficient (Wildman–Crippen LogP) is 2.19. The zero-order chi connectivity index (χ0) is 14.2. The molecular weight excluding hydrogens is 264 g/mol. The second-order valence-corrected chi connectivity index (χ2v) is 4.80. The third-order valence-electron chi connectivity index (χ3n) is 3.46. The van der Waals surface area contributed by atoms with Crippen LogP contribution in [0.15, 0.2) is 55.2 Å². The number of benzene rings is 1. The molecule has 0 saturated heterocycles. The van der Waals surface area contributed by atoms with Crippen molar-refractivity contribution in [3.8, 4) is 22.4 Å². The highest BCUT2D eigenvalue weighted by Crippen LogP contribution is 2.25. The zero-order valence-corrected chi connectivity index (χ0v) is 11.4. The van der Waals surface area contributed by atoms with E-state index in [2.05, 4.69) is 38.5 Å². The summed E-state index contributed by atoms with van der Waals surface area (Å²) in [4.78, 5) is 4.30. The van der Waals surface area contributed by atoms with Gasteiger partial charge in [0.25, 0.3) is 5.78 Å². The van der Waals surface area contributed by atoms with Gasteiger partial charge in [-0.3, -0.25) is 9.08 Å². The first-order valence-corrected chi connectivity index (χ1v) is 6.55. The summed E-state index contributed by atoms with van der Waals surface area (Å²) in [5, 5.41) is 12.0. The fourth-order valence-electron chi connectivity index (χ4n) is 2.39. The van der Waals surface area contributed by atoms with Gasteiger partial charge < -0.3 is 0 Å². The van der Waals surface area contributed by atoms with Crippen molar-refractivity contribution in [1.29, 1.82) is 0 Å². The number of hydrogen-bond donors (Lipinski definition) is 0. The molecule has 0 aliphatic heterocycles. The highest BCUT2D eigenvalue weighted by molar-refractivity contribution is 5.71. The van der Waals surface area contributed by atoms with E-state index in [-0.39, 0.29) is 0 Å². The average Bonchev–Trinajstić information content (AvgIpc) is 3.15. The molecular formula is C15H12N6. The Bertz CT molecular complexity index is 920. The number of aryl methyl sites for hydroxylation is 1. The minimum atomic E-state index is 0.599. The molecule has 3 aromatic heterocycles. The second-order valence-electron chi connectivity index (χ2n) is 4.80. The molecule has 0 atom stereocenters. The normalized spacial score (nSPS) is 11.1. The number of hydrogen-bond acceptors (Lipinski definition) is 4. The summed E-state index contributed by atoms with van der Waals surface area (Å²) in [7, 11) is 1.94. The van der Waals surface area contributed by atoms with Crippen molar-refractivity contribution in [1.82, 2.24) is 29.4 Å². The average molecular weight is 276 g/mol. The van der Waals surface area contributed by atoms with Crippen molar-refractivity contribution < 1.29 is 0 Å².